The van der Waals surface area contributed by atoms with Gasteiger partial charge in [-0.3, -0.25) is 25.7 Å². The number of nitrogens with zero attached hydrogens (tertiary/aromatic N) is 3. The Morgan fingerprint density at radius 1 is 1.04 bits per heavy atom. The summed E-state index contributed by atoms with van der Waals surface area (Å²) in [5, 5.41) is 26.1. The molecule has 0 amide bonds. The van der Waals surface area contributed by atoms with Gasteiger partial charge in [0.05, 0.1) is 15.9 Å². The first-order chi connectivity index (χ1) is 10.9. The Bertz CT molecular complexity index is 793. The zero-order chi connectivity index (χ0) is 17.0. The lowest BCUT2D eigenvalue weighted by Gasteiger charge is -2.03. The van der Waals surface area contributed by atoms with Crippen LogP contribution in [0.1, 0.15) is 5.56 Å². The van der Waals surface area contributed by atoms with Crippen molar-refractivity contribution in [3.05, 3.63) is 73.3 Å². The molecule has 118 valence electrons. The van der Waals surface area contributed by atoms with Gasteiger partial charge < -0.3 is 0 Å². The van der Waals surface area contributed by atoms with Gasteiger partial charge >= 0.3 is 5.69 Å². The third kappa shape index (κ3) is 4.15. The molecular formula is C13H8Cl2N4O4. The molecule has 1 N–H and O–H groups in total. The molecule has 0 saturated carbocycles. The summed E-state index contributed by atoms with van der Waals surface area (Å²) in [6, 6.07) is 9.63. The van der Waals surface area contributed by atoms with E-state index in [2.05, 4.69) is 10.5 Å². The van der Waals surface area contributed by atoms with Crippen molar-refractivity contribution in [1.29, 1.82) is 0 Å². The van der Waals surface area contributed by atoms with Gasteiger partial charge in [-0.2, -0.15) is 5.10 Å². The van der Waals surface area contributed by atoms with E-state index in [1.54, 1.807) is 24.3 Å². The van der Waals surface area contributed by atoms with Gasteiger partial charge in [-0.05, 0) is 18.2 Å². The fourth-order valence-electron chi connectivity index (χ4n) is 1.64. The number of non-ortho nitro benzene ring substituents is 1. The van der Waals surface area contributed by atoms with Gasteiger partial charge in [0.2, 0.25) is 0 Å². The fraction of sp³-hybridized carbons (Fsp3) is 0. The lowest BCUT2D eigenvalue weighted by atomic mass is 10.2. The molecular weight excluding hydrogens is 347 g/mol. The minimum absolute atomic E-state index is 0.0206. The molecule has 2 aromatic carbocycles. The van der Waals surface area contributed by atoms with Crippen LogP contribution in [0.25, 0.3) is 0 Å². The molecule has 0 aliphatic heterocycles. The summed E-state index contributed by atoms with van der Waals surface area (Å²) < 4.78 is 0. The summed E-state index contributed by atoms with van der Waals surface area (Å²) in [6.07, 6.45) is 0. The van der Waals surface area contributed by atoms with Crippen LogP contribution >= 0.6 is 23.2 Å². The minimum atomic E-state index is -0.749. The molecule has 0 aromatic heterocycles. The topological polar surface area (TPSA) is 111 Å². The third-order valence-corrected chi connectivity index (χ3v) is 3.30. The normalized spacial score (nSPS) is 11.1. The van der Waals surface area contributed by atoms with Crippen molar-refractivity contribution in [3.63, 3.8) is 0 Å². The Hall–Kier alpha value is -2.71. The molecule has 23 heavy (non-hydrogen) atoms. The molecule has 2 rings (SSSR count). The Balaban J connectivity index is 2.28. The summed E-state index contributed by atoms with van der Waals surface area (Å²) in [7, 11) is 0. The maximum atomic E-state index is 11.0. The average molecular weight is 355 g/mol. The highest BCUT2D eigenvalue weighted by Crippen LogP contribution is 2.29. The first kappa shape index (κ1) is 16.7. The summed E-state index contributed by atoms with van der Waals surface area (Å²) in [6.45, 7) is 0. The molecule has 0 aliphatic rings. The van der Waals surface area contributed by atoms with Crippen LogP contribution < -0.4 is 5.43 Å². The van der Waals surface area contributed by atoms with Crippen molar-refractivity contribution in [3.8, 4) is 0 Å². The molecule has 0 aliphatic carbocycles. The molecule has 0 unspecified atom stereocenters. The second kappa shape index (κ2) is 7.03. The highest BCUT2D eigenvalue weighted by atomic mass is 35.5. The number of hydrazone groups is 1. The third-order valence-electron chi connectivity index (χ3n) is 2.75. The molecule has 0 saturated heterocycles. The number of nitro benzene ring substituents is 2. The van der Waals surface area contributed by atoms with Crippen LogP contribution in [0.5, 0.6) is 0 Å². The smallest absolute Gasteiger partial charge is 0.270 e. The molecule has 2 aromatic rings. The Morgan fingerprint density at radius 3 is 2.26 bits per heavy atom. The number of nitro groups is 2. The number of halogens is 2. The van der Waals surface area contributed by atoms with Gasteiger partial charge in [-0.1, -0.05) is 35.3 Å². The largest absolute Gasteiger partial charge is 0.301 e. The number of nitrogens with one attached hydrogen (secondary N) is 1. The van der Waals surface area contributed by atoms with E-state index in [9.17, 15) is 20.2 Å². The highest BCUT2D eigenvalue weighted by molar-refractivity contribution is 6.69. The molecule has 0 spiro atoms. The zero-order valence-electron chi connectivity index (χ0n) is 11.3. The molecule has 0 heterocycles. The van der Waals surface area contributed by atoms with E-state index >= 15 is 0 Å². The number of benzene rings is 2. The first-order valence-corrected chi connectivity index (χ1v) is 6.82. The van der Waals surface area contributed by atoms with Crippen molar-refractivity contribution in [2.75, 3.05) is 5.43 Å². The standard InChI is InChI=1S/C13H8Cl2N4O4/c14-9-3-1-8(2-4-9)13(15)17-16-11-6-5-10(18(20)21)7-12(11)19(22)23/h1-7,16H/b17-13-. The van der Waals surface area contributed by atoms with E-state index in [0.29, 0.717) is 10.6 Å². The number of hydrogen-bond acceptors (Lipinski definition) is 6. The van der Waals surface area contributed by atoms with Crippen LogP contribution in [-0.2, 0) is 0 Å². The van der Waals surface area contributed by atoms with Crippen LogP contribution in [0.3, 0.4) is 0 Å². The minimum Gasteiger partial charge on any atom is -0.270 e. The summed E-state index contributed by atoms with van der Waals surface area (Å²) in [5.41, 5.74) is 2.08. The van der Waals surface area contributed by atoms with E-state index in [1.165, 1.54) is 6.07 Å². The Morgan fingerprint density at radius 2 is 1.70 bits per heavy atom. The Labute approximate surface area is 139 Å². The summed E-state index contributed by atoms with van der Waals surface area (Å²) in [5.74, 6) is 0. The van der Waals surface area contributed by atoms with Gasteiger partial charge in [0.1, 0.15) is 5.69 Å². The highest BCUT2D eigenvalue weighted by Gasteiger charge is 2.19. The van der Waals surface area contributed by atoms with E-state index in [0.717, 1.165) is 12.1 Å². The van der Waals surface area contributed by atoms with E-state index in [1.807, 2.05) is 0 Å². The van der Waals surface area contributed by atoms with Gasteiger partial charge in [0.15, 0.2) is 5.17 Å². The average Bonchev–Trinajstić information content (AvgIpc) is 2.52. The van der Waals surface area contributed by atoms with Gasteiger partial charge in [-0.25, -0.2) is 0 Å². The summed E-state index contributed by atoms with van der Waals surface area (Å²) >= 11 is 11.7. The van der Waals surface area contributed by atoms with Crippen molar-refractivity contribution in [2.24, 2.45) is 5.10 Å². The molecule has 10 heteroatoms. The predicted octanol–water partition coefficient (Wildman–Crippen LogP) is 4.17. The molecule has 0 fully saturated rings. The van der Waals surface area contributed by atoms with Gasteiger partial charge in [-0.15, -0.1) is 0 Å². The van der Waals surface area contributed by atoms with Crippen molar-refractivity contribution in [1.82, 2.24) is 0 Å². The van der Waals surface area contributed by atoms with Gasteiger partial charge in [0.25, 0.3) is 5.69 Å². The van der Waals surface area contributed by atoms with E-state index in [4.69, 9.17) is 23.2 Å². The van der Waals surface area contributed by atoms with Crippen molar-refractivity contribution < 1.29 is 9.85 Å². The second-order valence-electron chi connectivity index (χ2n) is 4.24. The quantitative estimate of drug-likeness (QED) is 0.492. The lowest BCUT2D eigenvalue weighted by molar-refractivity contribution is -0.393. The van der Waals surface area contributed by atoms with Crippen LogP contribution in [0.4, 0.5) is 17.1 Å². The van der Waals surface area contributed by atoms with Crippen LogP contribution in [-0.4, -0.2) is 15.0 Å². The maximum absolute atomic E-state index is 11.0. The van der Waals surface area contributed by atoms with Crippen LogP contribution in [0.15, 0.2) is 47.6 Å². The maximum Gasteiger partial charge on any atom is 0.301 e. The van der Waals surface area contributed by atoms with E-state index < -0.39 is 21.2 Å². The van der Waals surface area contributed by atoms with Crippen LogP contribution in [0, 0.1) is 20.2 Å². The lowest BCUT2D eigenvalue weighted by Crippen LogP contribution is -2.01. The molecule has 0 bridgehead atoms. The van der Waals surface area contributed by atoms with Crippen LogP contribution in [0.2, 0.25) is 5.02 Å². The number of hydrogen-bond donors (Lipinski definition) is 1. The second-order valence-corrected chi connectivity index (χ2v) is 5.03. The van der Waals surface area contributed by atoms with Crippen molar-refractivity contribution >= 4 is 45.4 Å². The van der Waals surface area contributed by atoms with Gasteiger partial charge in [0, 0.05) is 16.7 Å². The number of anilines is 1. The van der Waals surface area contributed by atoms with E-state index in [-0.39, 0.29) is 10.9 Å². The Kier molecular flexibility index (Phi) is 5.09. The van der Waals surface area contributed by atoms with Crippen molar-refractivity contribution in [2.45, 2.75) is 0 Å². The zero-order valence-corrected chi connectivity index (χ0v) is 12.8. The first-order valence-electron chi connectivity index (χ1n) is 6.06. The molecule has 8 nitrogen and oxygen atoms in total. The monoisotopic (exact) mass is 354 g/mol. The fourth-order valence-corrected chi connectivity index (χ4v) is 1.93. The summed E-state index contributed by atoms with van der Waals surface area (Å²) in [4.78, 5) is 20.2. The molecule has 0 atom stereocenters. The molecule has 0 radical (unpaired) electrons. The predicted molar refractivity (Wildman–Crippen MR) is 87.2 cm³/mol. The number of rotatable bonds is 5. The SMILES string of the molecule is O=[N+]([O-])c1ccc(N/N=C(\Cl)c2ccc(Cl)cc2)c([N+](=O)[O-])c1.